The summed E-state index contributed by atoms with van der Waals surface area (Å²) in [6, 6.07) is 10.6. The summed E-state index contributed by atoms with van der Waals surface area (Å²) in [6.45, 7) is 4.00. The van der Waals surface area contributed by atoms with Gasteiger partial charge in [0.25, 0.3) is 0 Å². The molecule has 2 aliphatic heterocycles. The van der Waals surface area contributed by atoms with Gasteiger partial charge >= 0.3 is 6.09 Å². The summed E-state index contributed by atoms with van der Waals surface area (Å²) in [7, 11) is 0. The van der Waals surface area contributed by atoms with Crippen molar-refractivity contribution in [3.63, 3.8) is 0 Å². The number of amides is 1. The van der Waals surface area contributed by atoms with Crippen LogP contribution in [-0.2, 0) is 11.3 Å². The molecule has 2 aliphatic rings. The average molecular weight is 391 g/mol. The lowest BCUT2D eigenvalue weighted by molar-refractivity contribution is 0.0673. The minimum absolute atomic E-state index is 0.165. The highest BCUT2D eigenvalue weighted by Crippen LogP contribution is 2.36. The molecule has 1 amide bonds. The Bertz CT molecular complexity index is 1020. The molecule has 7 nitrogen and oxygen atoms in total. The van der Waals surface area contributed by atoms with E-state index in [0.717, 1.165) is 54.8 Å². The number of aryl methyl sites for hydroxylation is 1. The van der Waals surface area contributed by atoms with Crippen molar-refractivity contribution in [2.45, 2.75) is 44.9 Å². The Labute approximate surface area is 169 Å². The number of benzene rings is 1. The first kappa shape index (κ1) is 18.0. The summed E-state index contributed by atoms with van der Waals surface area (Å²) >= 11 is 0. The molecule has 0 saturated carbocycles. The van der Waals surface area contributed by atoms with Crippen LogP contribution in [0.3, 0.4) is 0 Å². The number of rotatable bonds is 3. The molecule has 0 aliphatic carbocycles. The first-order valence-electron chi connectivity index (χ1n) is 10.2. The molecule has 150 valence electrons. The number of piperidine rings is 1. The quantitative estimate of drug-likeness (QED) is 0.738. The molecule has 1 N–H and O–H groups in total. The summed E-state index contributed by atoms with van der Waals surface area (Å²) in [5, 5.41) is 1.03. The minimum Gasteiger partial charge on any atom is -0.445 e. The molecule has 1 aromatic carbocycles. The van der Waals surface area contributed by atoms with E-state index in [1.807, 2.05) is 41.4 Å². The number of ether oxygens (including phenoxy) is 1. The van der Waals surface area contributed by atoms with Crippen LogP contribution in [0.1, 0.15) is 30.4 Å². The Morgan fingerprint density at radius 1 is 1.14 bits per heavy atom. The first-order chi connectivity index (χ1) is 14.2. The number of hydrogen-bond acceptors (Lipinski definition) is 5. The van der Waals surface area contributed by atoms with Gasteiger partial charge < -0.3 is 19.5 Å². The molecule has 5 rings (SSSR count). The van der Waals surface area contributed by atoms with Crippen molar-refractivity contribution in [3.8, 4) is 0 Å². The van der Waals surface area contributed by atoms with Crippen LogP contribution in [0.25, 0.3) is 11.0 Å². The van der Waals surface area contributed by atoms with Gasteiger partial charge in [0.1, 0.15) is 24.4 Å². The second-order valence-corrected chi connectivity index (χ2v) is 7.93. The van der Waals surface area contributed by atoms with Gasteiger partial charge in [-0.05, 0) is 37.8 Å². The van der Waals surface area contributed by atoms with E-state index in [9.17, 15) is 4.79 Å². The van der Waals surface area contributed by atoms with Crippen molar-refractivity contribution in [2.75, 3.05) is 18.0 Å². The number of hydrogen-bond donors (Lipinski definition) is 1. The van der Waals surface area contributed by atoms with Crippen LogP contribution in [0.2, 0.25) is 0 Å². The molecule has 0 bridgehead atoms. The van der Waals surface area contributed by atoms with E-state index < -0.39 is 0 Å². The zero-order chi connectivity index (χ0) is 19.8. The van der Waals surface area contributed by atoms with Gasteiger partial charge in [0.2, 0.25) is 0 Å². The number of nitrogens with one attached hydrogen (secondary N) is 1. The van der Waals surface area contributed by atoms with E-state index in [0.29, 0.717) is 6.61 Å². The van der Waals surface area contributed by atoms with Gasteiger partial charge in [-0.3, -0.25) is 0 Å². The van der Waals surface area contributed by atoms with Crippen LogP contribution in [-0.4, -0.2) is 51.1 Å². The zero-order valence-corrected chi connectivity index (χ0v) is 16.5. The Morgan fingerprint density at radius 2 is 2.00 bits per heavy atom. The van der Waals surface area contributed by atoms with Gasteiger partial charge in [-0.2, -0.15) is 0 Å². The molecule has 2 aromatic heterocycles. The van der Waals surface area contributed by atoms with Crippen LogP contribution in [0.15, 0.2) is 42.9 Å². The van der Waals surface area contributed by atoms with Crippen molar-refractivity contribution in [1.29, 1.82) is 0 Å². The van der Waals surface area contributed by atoms with E-state index in [2.05, 4.69) is 26.8 Å². The number of carbonyl (C=O) groups excluding carboxylic acids is 1. The van der Waals surface area contributed by atoms with Crippen molar-refractivity contribution in [2.24, 2.45) is 0 Å². The highest BCUT2D eigenvalue weighted by atomic mass is 16.6. The Morgan fingerprint density at radius 3 is 2.86 bits per heavy atom. The van der Waals surface area contributed by atoms with Gasteiger partial charge in [0.15, 0.2) is 0 Å². The Hall–Kier alpha value is -3.09. The number of aromatic nitrogens is 3. The van der Waals surface area contributed by atoms with Crippen LogP contribution in [0, 0.1) is 6.92 Å². The molecular formula is C22H25N5O2. The lowest BCUT2D eigenvalue weighted by atomic mass is 9.97. The van der Waals surface area contributed by atoms with Crippen LogP contribution in [0.5, 0.6) is 0 Å². The SMILES string of the molecule is Cc1ccc(COC(=O)N2CCC[C@H]3C2CCN3c2ncnc3[nH]ccc23)cc1. The Balaban J connectivity index is 1.30. The predicted octanol–water partition coefficient (Wildman–Crippen LogP) is 3.65. The van der Waals surface area contributed by atoms with Crippen LogP contribution in [0.4, 0.5) is 10.6 Å². The molecular weight excluding hydrogens is 366 g/mol. The maximum absolute atomic E-state index is 12.8. The molecule has 2 fully saturated rings. The highest BCUT2D eigenvalue weighted by molar-refractivity contribution is 5.87. The van der Waals surface area contributed by atoms with E-state index in [1.54, 1.807) is 6.33 Å². The molecule has 1 unspecified atom stereocenters. The number of carbonyl (C=O) groups is 1. The molecule has 29 heavy (non-hydrogen) atoms. The van der Waals surface area contributed by atoms with E-state index in [1.165, 1.54) is 5.56 Å². The second-order valence-electron chi connectivity index (χ2n) is 7.93. The fraction of sp³-hybridized carbons (Fsp3) is 0.409. The summed E-state index contributed by atoms with van der Waals surface area (Å²) in [5.41, 5.74) is 3.07. The van der Waals surface area contributed by atoms with Crippen LogP contribution < -0.4 is 4.90 Å². The Kier molecular flexibility index (Phi) is 4.58. The number of likely N-dealkylation sites (tertiary alicyclic amines) is 1. The lowest BCUT2D eigenvalue weighted by Crippen LogP contribution is -2.52. The topological polar surface area (TPSA) is 74.3 Å². The van der Waals surface area contributed by atoms with E-state index in [4.69, 9.17) is 4.74 Å². The normalized spacial score (nSPS) is 21.4. The molecule has 2 saturated heterocycles. The van der Waals surface area contributed by atoms with Gasteiger partial charge in [-0.25, -0.2) is 14.8 Å². The number of nitrogens with zero attached hydrogens (tertiary/aromatic N) is 4. The maximum Gasteiger partial charge on any atom is 0.410 e. The van der Waals surface area contributed by atoms with E-state index >= 15 is 0 Å². The fourth-order valence-electron chi connectivity index (χ4n) is 4.68. The van der Waals surface area contributed by atoms with Gasteiger partial charge in [0, 0.05) is 19.3 Å². The second kappa shape index (κ2) is 7.39. The number of fused-ring (bicyclic) bond motifs is 2. The van der Waals surface area contributed by atoms with Crippen molar-refractivity contribution < 1.29 is 9.53 Å². The van der Waals surface area contributed by atoms with Crippen LogP contribution >= 0.6 is 0 Å². The summed E-state index contributed by atoms with van der Waals surface area (Å²) in [5.74, 6) is 0.957. The third kappa shape index (κ3) is 3.30. The largest absolute Gasteiger partial charge is 0.445 e. The third-order valence-electron chi connectivity index (χ3n) is 6.13. The molecule has 2 atom stereocenters. The fourth-order valence-corrected chi connectivity index (χ4v) is 4.68. The van der Waals surface area contributed by atoms with E-state index in [-0.39, 0.29) is 18.2 Å². The predicted molar refractivity (Wildman–Crippen MR) is 111 cm³/mol. The lowest BCUT2D eigenvalue weighted by Gasteiger charge is -2.39. The first-order valence-corrected chi connectivity index (χ1v) is 10.2. The van der Waals surface area contributed by atoms with Gasteiger partial charge in [0.05, 0.1) is 17.5 Å². The number of H-pyrrole nitrogens is 1. The summed E-state index contributed by atoms with van der Waals surface area (Å²) in [6.07, 6.45) is 6.25. The molecule has 4 heterocycles. The minimum atomic E-state index is -0.211. The summed E-state index contributed by atoms with van der Waals surface area (Å²) < 4.78 is 5.65. The van der Waals surface area contributed by atoms with Gasteiger partial charge in [-0.15, -0.1) is 0 Å². The third-order valence-corrected chi connectivity index (χ3v) is 6.13. The number of anilines is 1. The molecule has 7 heteroatoms. The van der Waals surface area contributed by atoms with Crippen molar-refractivity contribution in [1.82, 2.24) is 19.9 Å². The van der Waals surface area contributed by atoms with Gasteiger partial charge in [-0.1, -0.05) is 29.8 Å². The smallest absolute Gasteiger partial charge is 0.410 e. The monoisotopic (exact) mass is 391 g/mol. The van der Waals surface area contributed by atoms with Crippen molar-refractivity contribution >= 4 is 22.9 Å². The maximum atomic E-state index is 12.8. The molecule has 0 spiro atoms. The zero-order valence-electron chi connectivity index (χ0n) is 16.5. The van der Waals surface area contributed by atoms with Crippen molar-refractivity contribution in [3.05, 3.63) is 54.0 Å². The molecule has 0 radical (unpaired) electrons. The molecule has 3 aromatic rings. The number of aromatic amines is 1. The standard InChI is InChI=1S/C22H25N5O2/c1-15-4-6-16(7-5-15)13-29-22(28)27-11-2-3-18-19(27)9-12-26(18)21-17-8-10-23-20(17)24-14-25-21/h4-8,10,14,18-19H,2-3,9,11-13H2,1H3,(H,23,24,25)/t18-,19?/m0/s1. The summed E-state index contributed by atoms with van der Waals surface area (Å²) in [4.78, 5) is 29.1. The average Bonchev–Trinajstić information content (AvgIpc) is 3.39. The highest BCUT2D eigenvalue weighted by Gasteiger charge is 2.43.